The van der Waals surface area contributed by atoms with E-state index in [0.717, 1.165) is 6.07 Å². The number of carbonyl (C=O) groups excluding carboxylic acids is 1. The van der Waals surface area contributed by atoms with Crippen molar-refractivity contribution in [2.75, 3.05) is 5.73 Å². The first-order valence-corrected chi connectivity index (χ1v) is 6.38. The summed E-state index contributed by atoms with van der Waals surface area (Å²) < 4.78 is 18.5. The van der Waals surface area contributed by atoms with E-state index in [1.165, 1.54) is 30.3 Å². The smallest absolute Gasteiger partial charge is 0.338 e. The number of ether oxygens (including phenoxy) is 1. The van der Waals surface area contributed by atoms with Crippen molar-refractivity contribution in [3.05, 3.63) is 63.4 Å². The summed E-state index contributed by atoms with van der Waals surface area (Å²) in [4.78, 5) is 11.8. The van der Waals surface area contributed by atoms with Crippen LogP contribution in [0.2, 0.25) is 10.0 Å². The van der Waals surface area contributed by atoms with Crippen LogP contribution in [0, 0.1) is 5.82 Å². The molecule has 0 bridgehead atoms. The zero-order valence-corrected chi connectivity index (χ0v) is 11.7. The van der Waals surface area contributed by atoms with Crippen LogP contribution in [-0.4, -0.2) is 5.97 Å². The van der Waals surface area contributed by atoms with Crippen LogP contribution < -0.4 is 5.73 Å². The minimum atomic E-state index is -0.631. The van der Waals surface area contributed by atoms with Crippen molar-refractivity contribution >= 4 is 34.9 Å². The number of carbonyl (C=O) groups is 1. The summed E-state index contributed by atoms with van der Waals surface area (Å²) >= 11 is 11.4. The number of nitrogen functional groups attached to an aromatic ring is 1. The predicted octanol–water partition coefficient (Wildman–Crippen LogP) is 4.07. The first kappa shape index (κ1) is 14.6. The van der Waals surface area contributed by atoms with Gasteiger partial charge in [-0.2, -0.15) is 0 Å². The number of benzene rings is 2. The molecule has 0 aliphatic heterocycles. The second-order valence-corrected chi connectivity index (χ2v) is 4.96. The van der Waals surface area contributed by atoms with Crippen molar-refractivity contribution in [2.24, 2.45) is 0 Å². The number of hydrogen-bond donors (Lipinski definition) is 1. The van der Waals surface area contributed by atoms with E-state index >= 15 is 0 Å². The molecular weight excluding hydrogens is 304 g/mol. The fourth-order valence-electron chi connectivity index (χ4n) is 1.60. The van der Waals surface area contributed by atoms with Crippen LogP contribution in [0.25, 0.3) is 0 Å². The molecule has 0 atom stereocenters. The van der Waals surface area contributed by atoms with E-state index in [1.807, 2.05) is 0 Å². The van der Waals surface area contributed by atoms with E-state index in [0.29, 0.717) is 10.7 Å². The van der Waals surface area contributed by atoms with Crippen molar-refractivity contribution < 1.29 is 13.9 Å². The second-order valence-electron chi connectivity index (χ2n) is 4.09. The summed E-state index contributed by atoms with van der Waals surface area (Å²) in [5.74, 6) is -1.16. The Morgan fingerprint density at radius 2 is 1.90 bits per heavy atom. The summed E-state index contributed by atoms with van der Waals surface area (Å²) in [7, 11) is 0. The maximum Gasteiger partial charge on any atom is 0.338 e. The van der Waals surface area contributed by atoms with Crippen molar-refractivity contribution in [2.45, 2.75) is 6.61 Å². The average molecular weight is 314 g/mol. The van der Waals surface area contributed by atoms with Crippen LogP contribution in [0.4, 0.5) is 10.1 Å². The molecule has 104 valence electrons. The molecule has 3 nitrogen and oxygen atoms in total. The molecule has 0 fully saturated rings. The number of esters is 1. The molecule has 0 aromatic heterocycles. The topological polar surface area (TPSA) is 52.3 Å². The van der Waals surface area contributed by atoms with Gasteiger partial charge in [0.25, 0.3) is 0 Å². The molecule has 2 aromatic rings. The minimum Gasteiger partial charge on any atom is -0.457 e. The van der Waals surface area contributed by atoms with Crippen LogP contribution in [0.1, 0.15) is 15.9 Å². The van der Waals surface area contributed by atoms with Gasteiger partial charge in [0.05, 0.1) is 5.56 Å². The van der Waals surface area contributed by atoms with Crippen LogP contribution in [0.3, 0.4) is 0 Å². The van der Waals surface area contributed by atoms with Gasteiger partial charge in [-0.25, -0.2) is 9.18 Å². The highest BCUT2D eigenvalue weighted by atomic mass is 35.5. The molecule has 0 saturated carbocycles. The zero-order chi connectivity index (χ0) is 14.7. The average Bonchev–Trinajstić information content (AvgIpc) is 2.36. The standard InChI is InChI=1S/C14H10Cl2FNO2/c15-10-2-1-8(13(17)6-10)7-20-14(19)9-3-11(16)5-12(18)4-9/h1-6H,7,18H2. The van der Waals surface area contributed by atoms with Gasteiger partial charge in [0, 0.05) is 21.3 Å². The molecule has 20 heavy (non-hydrogen) atoms. The van der Waals surface area contributed by atoms with Gasteiger partial charge in [-0.3, -0.25) is 0 Å². The number of nitrogens with two attached hydrogens (primary N) is 1. The number of hydrogen-bond acceptors (Lipinski definition) is 3. The fourth-order valence-corrected chi connectivity index (χ4v) is 2.00. The third-order valence-corrected chi connectivity index (χ3v) is 2.98. The van der Waals surface area contributed by atoms with Crippen molar-refractivity contribution in [1.82, 2.24) is 0 Å². The number of rotatable bonds is 3. The SMILES string of the molecule is Nc1cc(Cl)cc(C(=O)OCc2ccc(Cl)cc2F)c1. The van der Waals surface area contributed by atoms with Gasteiger partial charge in [0.2, 0.25) is 0 Å². The van der Waals surface area contributed by atoms with Gasteiger partial charge >= 0.3 is 5.97 Å². The summed E-state index contributed by atoms with van der Waals surface area (Å²) in [5, 5.41) is 0.606. The molecule has 2 rings (SSSR count). The van der Waals surface area contributed by atoms with Gasteiger partial charge in [-0.1, -0.05) is 29.3 Å². The Bertz CT molecular complexity index is 641. The van der Waals surface area contributed by atoms with Crippen molar-refractivity contribution in [3.8, 4) is 0 Å². The second kappa shape index (κ2) is 6.11. The summed E-state index contributed by atoms with van der Waals surface area (Å²) in [5.41, 5.74) is 6.37. The molecule has 0 aliphatic carbocycles. The van der Waals surface area contributed by atoms with Gasteiger partial charge in [-0.15, -0.1) is 0 Å². The molecule has 0 radical (unpaired) electrons. The van der Waals surface area contributed by atoms with Gasteiger partial charge < -0.3 is 10.5 Å². The van der Waals surface area contributed by atoms with Gasteiger partial charge in [0.15, 0.2) is 0 Å². The fraction of sp³-hybridized carbons (Fsp3) is 0.0714. The number of halogens is 3. The van der Waals surface area contributed by atoms with E-state index < -0.39 is 11.8 Å². The molecule has 6 heteroatoms. The molecular formula is C14H10Cl2FNO2. The van der Waals surface area contributed by atoms with Crippen LogP contribution in [-0.2, 0) is 11.3 Å². The summed E-state index contributed by atoms with van der Waals surface area (Å²) in [6, 6.07) is 8.51. The van der Waals surface area contributed by atoms with Gasteiger partial charge in [0.1, 0.15) is 12.4 Å². The monoisotopic (exact) mass is 313 g/mol. The molecule has 2 aromatic carbocycles. The summed E-state index contributed by atoms with van der Waals surface area (Å²) in [6.07, 6.45) is 0. The third kappa shape index (κ3) is 3.62. The Morgan fingerprint density at radius 1 is 1.15 bits per heavy atom. The normalized spacial score (nSPS) is 10.3. The summed E-state index contributed by atoms with van der Waals surface area (Å²) in [6.45, 7) is -0.200. The largest absolute Gasteiger partial charge is 0.457 e. The number of anilines is 1. The Morgan fingerprint density at radius 3 is 2.55 bits per heavy atom. The van der Waals surface area contributed by atoms with Crippen LogP contribution >= 0.6 is 23.2 Å². The van der Waals surface area contributed by atoms with E-state index in [2.05, 4.69) is 0 Å². The maximum atomic E-state index is 13.5. The molecule has 2 N–H and O–H groups in total. The highest BCUT2D eigenvalue weighted by Crippen LogP contribution is 2.19. The molecule has 0 aliphatic rings. The Hall–Kier alpha value is -1.78. The van der Waals surface area contributed by atoms with E-state index in [-0.39, 0.29) is 22.8 Å². The lowest BCUT2D eigenvalue weighted by atomic mass is 10.2. The lowest BCUT2D eigenvalue weighted by Crippen LogP contribution is -2.07. The Labute approximate surface area is 125 Å². The van der Waals surface area contributed by atoms with Crippen molar-refractivity contribution in [1.29, 1.82) is 0 Å². The zero-order valence-electron chi connectivity index (χ0n) is 10.2. The first-order chi connectivity index (χ1) is 9.45. The molecule has 0 unspecified atom stereocenters. The third-order valence-electron chi connectivity index (χ3n) is 2.53. The maximum absolute atomic E-state index is 13.5. The van der Waals surface area contributed by atoms with Crippen LogP contribution in [0.5, 0.6) is 0 Å². The lowest BCUT2D eigenvalue weighted by Gasteiger charge is -2.07. The predicted molar refractivity (Wildman–Crippen MR) is 76.4 cm³/mol. The van der Waals surface area contributed by atoms with Crippen molar-refractivity contribution in [3.63, 3.8) is 0 Å². The quantitative estimate of drug-likeness (QED) is 0.686. The van der Waals surface area contributed by atoms with E-state index in [1.54, 1.807) is 0 Å². The first-order valence-electron chi connectivity index (χ1n) is 5.63. The molecule has 0 amide bonds. The highest BCUT2D eigenvalue weighted by molar-refractivity contribution is 6.31. The van der Waals surface area contributed by atoms with E-state index in [9.17, 15) is 9.18 Å². The Balaban J connectivity index is 2.08. The van der Waals surface area contributed by atoms with E-state index in [4.69, 9.17) is 33.7 Å². The van der Waals surface area contributed by atoms with Gasteiger partial charge in [-0.05, 0) is 30.3 Å². The minimum absolute atomic E-state index is 0.200. The molecule has 0 spiro atoms. The Kier molecular flexibility index (Phi) is 4.47. The van der Waals surface area contributed by atoms with Crippen LogP contribution in [0.15, 0.2) is 36.4 Å². The molecule has 0 heterocycles. The highest BCUT2D eigenvalue weighted by Gasteiger charge is 2.11. The molecule has 0 saturated heterocycles. The lowest BCUT2D eigenvalue weighted by molar-refractivity contribution is 0.0469.